The van der Waals surface area contributed by atoms with Gasteiger partial charge in [0, 0.05) is 12.5 Å². The van der Waals surface area contributed by atoms with Gasteiger partial charge in [-0.25, -0.2) is 4.79 Å². The first-order valence-electron chi connectivity index (χ1n) is 13.7. The van der Waals surface area contributed by atoms with E-state index in [1.165, 1.54) is 6.08 Å². The maximum Gasteiger partial charge on any atom is 0.331 e. The van der Waals surface area contributed by atoms with E-state index in [-0.39, 0.29) is 18.9 Å². The molecule has 10 heteroatoms. The molecule has 9 atom stereocenters. The molecule has 0 aliphatic carbocycles. The lowest BCUT2D eigenvalue weighted by atomic mass is 9.99. The summed E-state index contributed by atoms with van der Waals surface area (Å²) in [6.07, 6.45) is 13.7. The van der Waals surface area contributed by atoms with Gasteiger partial charge in [0.25, 0.3) is 0 Å². The van der Waals surface area contributed by atoms with E-state index < -0.39 is 61.6 Å². The van der Waals surface area contributed by atoms with Crippen molar-refractivity contribution in [1.82, 2.24) is 0 Å². The molecule has 0 radical (unpaired) electrons. The van der Waals surface area contributed by atoms with Gasteiger partial charge in [-0.3, -0.25) is 0 Å². The fraction of sp³-hybridized carbons (Fsp3) is 0.567. The van der Waals surface area contributed by atoms with Crippen molar-refractivity contribution in [2.24, 2.45) is 0 Å². The van der Waals surface area contributed by atoms with E-state index in [1.807, 2.05) is 19.1 Å². The zero-order valence-electron chi connectivity index (χ0n) is 22.9. The Labute approximate surface area is 235 Å². The first-order valence-corrected chi connectivity index (χ1v) is 13.7. The van der Waals surface area contributed by atoms with Crippen molar-refractivity contribution in [2.45, 2.75) is 101 Å². The lowest BCUT2D eigenvalue weighted by Gasteiger charge is -2.40. The molecule has 1 saturated heterocycles. The minimum absolute atomic E-state index is 0.136. The number of aliphatic hydroxyl groups is 6. The van der Waals surface area contributed by atoms with Crippen molar-refractivity contribution in [1.29, 1.82) is 0 Å². The SMILES string of the molecule is CC1CCCC=CC=CC(OC2OC(CO)C(O)C(O)C2O)CC(O)CC=C/C=C/C(O)CC=CC=CC(=O)O1. The van der Waals surface area contributed by atoms with Crippen LogP contribution >= 0.6 is 0 Å². The predicted octanol–water partition coefficient (Wildman–Crippen LogP) is 1.52. The molecular weight excluding hydrogens is 520 g/mol. The predicted molar refractivity (Wildman–Crippen MR) is 149 cm³/mol. The highest BCUT2D eigenvalue weighted by atomic mass is 16.7. The smallest absolute Gasteiger partial charge is 0.331 e. The number of rotatable bonds is 3. The van der Waals surface area contributed by atoms with Crippen LogP contribution in [0.1, 0.15) is 45.4 Å². The molecule has 0 aromatic carbocycles. The fourth-order valence-electron chi connectivity index (χ4n) is 4.09. The Kier molecular flexibility index (Phi) is 15.9. The minimum atomic E-state index is -1.57. The van der Waals surface area contributed by atoms with Crippen LogP contribution in [0.5, 0.6) is 0 Å². The molecular formula is C30H44O10. The van der Waals surface area contributed by atoms with Gasteiger partial charge in [0.05, 0.1) is 31.0 Å². The summed E-state index contributed by atoms with van der Waals surface area (Å²) in [6, 6.07) is 0. The van der Waals surface area contributed by atoms with Crippen LogP contribution in [-0.4, -0.2) is 98.3 Å². The van der Waals surface area contributed by atoms with Crippen LogP contribution in [0.4, 0.5) is 0 Å². The first kappa shape index (κ1) is 33.8. The molecule has 0 saturated carbocycles. The molecule has 0 aromatic heterocycles. The van der Waals surface area contributed by atoms with Gasteiger partial charge in [0.2, 0.25) is 0 Å². The van der Waals surface area contributed by atoms with Crippen molar-refractivity contribution < 1.29 is 49.6 Å². The monoisotopic (exact) mass is 564 g/mol. The van der Waals surface area contributed by atoms with Crippen molar-refractivity contribution in [2.75, 3.05) is 6.61 Å². The molecule has 9 unspecified atom stereocenters. The lowest BCUT2D eigenvalue weighted by Crippen LogP contribution is -2.59. The molecule has 0 bridgehead atoms. The molecule has 6 N–H and O–H groups in total. The maximum atomic E-state index is 11.9. The van der Waals surface area contributed by atoms with E-state index in [9.17, 15) is 35.4 Å². The van der Waals surface area contributed by atoms with Gasteiger partial charge in [-0.05, 0) is 39.0 Å². The first-order chi connectivity index (χ1) is 19.2. The Morgan fingerprint density at radius 3 is 2.35 bits per heavy atom. The van der Waals surface area contributed by atoms with Crippen molar-refractivity contribution >= 4 is 5.97 Å². The Bertz CT molecular complexity index is 906. The summed E-state index contributed by atoms with van der Waals surface area (Å²) < 4.78 is 16.7. The van der Waals surface area contributed by atoms with Crippen LogP contribution in [0.3, 0.4) is 0 Å². The Morgan fingerprint density at radius 1 is 0.875 bits per heavy atom. The van der Waals surface area contributed by atoms with E-state index in [4.69, 9.17) is 14.2 Å². The standard InChI is InChI=1S/C30H44O10/c1-21-13-7-3-2-4-11-17-24(39-30-29(37)28(36)27(35)25(20-31)40-30)19-23(33)16-10-5-8-14-22(32)15-9-6-12-18-26(34)38-21/h2,4-6,8-12,14,17-18,21-25,27-33,35-37H,3,7,13,15-16,19-20H2,1H3/b4-2?,9-6?,10-5?,14-8+,17-11?,18-12?. The number of hydrogen-bond acceptors (Lipinski definition) is 10. The summed E-state index contributed by atoms with van der Waals surface area (Å²) in [4.78, 5) is 11.9. The number of ether oxygens (including phenoxy) is 3. The van der Waals surface area contributed by atoms with E-state index in [2.05, 4.69) is 0 Å². The second-order valence-corrected chi connectivity index (χ2v) is 9.89. The number of cyclic esters (lactones) is 1. The van der Waals surface area contributed by atoms with Crippen molar-refractivity contribution in [3.63, 3.8) is 0 Å². The third-order valence-corrected chi connectivity index (χ3v) is 6.38. The molecule has 1 fully saturated rings. The summed E-state index contributed by atoms with van der Waals surface area (Å²) in [5.41, 5.74) is 0. The van der Waals surface area contributed by atoms with Crippen LogP contribution in [0.2, 0.25) is 0 Å². The quantitative estimate of drug-likeness (QED) is 0.277. The zero-order valence-corrected chi connectivity index (χ0v) is 22.9. The third-order valence-electron chi connectivity index (χ3n) is 6.38. The van der Waals surface area contributed by atoms with Gasteiger partial charge in [-0.15, -0.1) is 0 Å². The second kappa shape index (κ2) is 18.8. The van der Waals surface area contributed by atoms with E-state index >= 15 is 0 Å². The number of esters is 1. The van der Waals surface area contributed by atoms with E-state index in [0.29, 0.717) is 12.8 Å². The van der Waals surface area contributed by atoms with Crippen LogP contribution in [0, 0.1) is 0 Å². The molecule has 2 aliphatic rings. The maximum absolute atomic E-state index is 11.9. The van der Waals surface area contributed by atoms with Gasteiger partial charge >= 0.3 is 5.97 Å². The molecule has 2 heterocycles. The van der Waals surface area contributed by atoms with Gasteiger partial charge in [-0.1, -0.05) is 66.8 Å². The van der Waals surface area contributed by atoms with Gasteiger partial charge in [-0.2, -0.15) is 0 Å². The largest absolute Gasteiger partial charge is 0.460 e. The Hall–Kier alpha value is -2.41. The van der Waals surface area contributed by atoms with Crippen molar-refractivity contribution in [3.8, 4) is 0 Å². The van der Waals surface area contributed by atoms with Gasteiger partial charge in [0.1, 0.15) is 24.4 Å². The highest BCUT2D eigenvalue weighted by molar-refractivity contribution is 5.82. The fourth-order valence-corrected chi connectivity index (χ4v) is 4.09. The molecule has 10 nitrogen and oxygen atoms in total. The van der Waals surface area contributed by atoms with E-state index in [0.717, 1.165) is 12.8 Å². The summed E-state index contributed by atoms with van der Waals surface area (Å²) in [5.74, 6) is -0.428. The number of allylic oxidation sites excluding steroid dienone is 7. The second-order valence-electron chi connectivity index (χ2n) is 9.89. The molecule has 40 heavy (non-hydrogen) atoms. The Balaban J connectivity index is 2.10. The summed E-state index contributed by atoms with van der Waals surface area (Å²) in [7, 11) is 0. The molecule has 2 rings (SSSR count). The topological polar surface area (TPSA) is 166 Å². The summed E-state index contributed by atoms with van der Waals surface area (Å²) in [6.45, 7) is 1.26. The third kappa shape index (κ3) is 12.8. The minimum Gasteiger partial charge on any atom is -0.460 e. The lowest BCUT2D eigenvalue weighted by molar-refractivity contribution is -0.308. The number of carbonyl (C=O) groups excluding carboxylic acids is 1. The van der Waals surface area contributed by atoms with Crippen molar-refractivity contribution in [3.05, 3.63) is 72.9 Å². The van der Waals surface area contributed by atoms with Crippen LogP contribution in [0.25, 0.3) is 0 Å². The highest BCUT2D eigenvalue weighted by Gasteiger charge is 2.44. The van der Waals surface area contributed by atoms with Gasteiger partial charge in [0.15, 0.2) is 6.29 Å². The Morgan fingerprint density at radius 2 is 1.57 bits per heavy atom. The molecule has 0 spiro atoms. The number of aliphatic hydroxyl groups excluding tert-OH is 6. The summed E-state index contributed by atoms with van der Waals surface area (Å²) in [5, 5.41) is 60.6. The van der Waals surface area contributed by atoms with Crippen LogP contribution in [0.15, 0.2) is 72.9 Å². The molecule has 0 aromatic rings. The van der Waals surface area contributed by atoms with E-state index in [1.54, 1.807) is 54.7 Å². The molecule has 224 valence electrons. The van der Waals surface area contributed by atoms with Gasteiger partial charge < -0.3 is 44.8 Å². The molecule has 2 aliphatic heterocycles. The normalized spacial score (nSPS) is 36.6. The highest BCUT2D eigenvalue weighted by Crippen LogP contribution is 2.24. The molecule has 0 amide bonds. The summed E-state index contributed by atoms with van der Waals surface area (Å²) >= 11 is 0. The average molecular weight is 565 g/mol. The van der Waals surface area contributed by atoms with Crippen LogP contribution < -0.4 is 0 Å². The number of carbonyl (C=O) groups is 1. The number of hydrogen-bond donors (Lipinski definition) is 6. The van der Waals surface area contributed by atoms with Crippen LogP contribution in [-0.2, 0) is 19.0 Å². The average Bonchev–Trinajstić information content (AvgIpc) is 2.91. The zero-order chi connectivity index (χ0) is 29.3.